The first-order chi connectivity index (χ1) is 11.6. The van der Waals surface area contributed by atoms with Gasteiger partial charge in [0.1, 0.15) is 11.4 Å². The van der Waals surface area contributed by atoms with E-state index in [4.69, 9.17) is 16.6 Å². The van der Waals surface area contributed by atoms with E-state index < -0.39 is 5.91 Å². The number of para-hydroxylation sites is 1. The summed E-state index contributed by atoms with van der Waals surface area (Å²) >= 11 is 6.71. The van der Waals surface area contributed by atoms with Crippen molar-refractivity contribution in [3.63, 3.8) is 0 Å². The summed E-state index contributed by atoms with van der Waals surface area (Å²) in [7, 11) is 0. The molecule has 7 nitrogen and oxygen atoms in total. The molecule has 0 aliphatic carbocycles. The van der Waals surface area contributed by atoms with Crippen LogP contribution in [0.5, 0.6) is 0 Å². The second kappa shape index (κ2) is 7.02. The number of thiocarbonyl (C=S) groups is 1. The molecule has 0 saturated heterocycles. The van der Waals surface area contributed by atoms with Crippen molar-refractivity contribution in [2.45, 2.75) is 19.0 Å². The van der Waals surface area contributed by atoms with Gasteiger partial charge in [-0.2, -0.15) is 0 Å². The zero-order valence-corrected chi connectivity index (χ0v) is 14.7. The molecule has 0 radical (unpaired) electrons. The Labute approximate surface area is 147 Å². The fourth-order valence-corrected chi connectivity index (χ4v) is 2.93. The van der Waals surface area contributed by atoms with Gasteiger partial charge in [-0.15, -0.1) is 10.2 Å². The number of fused-ring (bicyclic) bond motifs is 1. The van der Waals surface area contributed by atoms with E-state index in [1.54, 1.807) is 23.7 Å². The van der Waals surface area contributed by atoms with Crippen LogP contribution in [0.3, 0.4) is 0 Å². The van der Waals surface area contributed by atoms with Crippen LogP contribution in [0, 0.1) is 6.92 Å². The van der Waals surface area contributed by atoms with E-state index in [-0.39, 0.29) is 10.9 Å². The van der Waals surface area contributed by atoms with E-state index in [1.165, 1.54) is 11.8 Å². The van der Waals surface area contributed by atoms with Gasteiger partial charge in [0.15, 0.2) is 10.9 Å². The van der Waals surface area contributed by atoms with Crippen molar-refractivity contribution in [2.24, 2.45) is 0 Å². The topological polar surface area (TPSA) is 85.0 Å². The van der Waals surface area contributed by atoms with Crippen LogP contribution in [0.4, 0.5) is 0 Å². The van der Waals surface area contributed by atoms with Crippen LogP contribution < -0.4 is 10.7 Å². The lowest BCUT2D eigenvalue weighted by Crippen LogP contribution is -2.38. The smallest absolute Gasteiger partial charge is 0.293 e. The normalized spacial score (nSPS) is 10.8. The molecule has 24 heavy (non-hydrogen) atoms. The van der Waals surface area contributed by atoms with E-state index in [2.05, 4.69) is 20.9 Å². The number of carbonyl (C=O) groups excluding carboxylic acids is 1. The van der Waals surface area contributed by atoms with E-state index in [1.807, 2.05) is 25.1 Å². The molecule has 124 valence electrons. The summed E-state index contributed by atoms with van der Waals surface area (Å²) in [5.41, 5.74) is 3.56. The molecule has 0 saturated carbocycles. The quantitative estimate of drug-likeness (QED) is 0.546. The lowest BCUT2D eigenvalue weighted by Gasteiger charge is -2.11. The molecule has 3 rings (SSSR count). The van der Waals surface area contributed by atoms with Crippen LogP contribution in [-0.4, -0.2) is 31.6 Å². The van der Waals surface area contributed by atoms with Gasteiger partial charge in [-0.3, -0.25) is 15.5 Å². The minimum Gasteiger partial charge on any atom is -0.451 e. The zero-order chi connectivity index (χ0) is 17.1. The molecule has 2 N–H and O–H groups in total. The summed E-state index contributed by atoms with van der Waals surface area (Å²) in [6.07, 6.45) is 0. The van der Waals surface area contributed by atoms with Gasteiger partial charge < -0.3 is 4.42 Å². The highest BCUT2D eigenvalue weighted by atomic mass is 32.2. The monoisotopic (exact) mass is 361 g/mol. The van der Waals surface area contributed by atoms with Crippen molar-refractivity contribution in [3.05, 3.63) is 41.9 Å². The average molecular weight is 361 g/mol. The second-order valence-electron chi connectivity index (χ2n) is 4.84. The molecular weight excluding hydrogens is 346 g/mol. The van der Waals surface area contributed by atoms with Crippen LogP contribution >= 0.6 is 24.0 Å². The van der Waals surface area contributed by atoms with Crippen molar-refractivity contribution in [1.82, 2.24) is 20.2 Å². The Balaban J connectivity index is 1.70. The van der Waals surface area contributed by atoms with Gasteiger partial charge in [0.05, 0.1) is 0 Å². The molecule has 1 amide bonds. The molecule has 0 unspecified atom stereocenters. The van der Waals surface area contributed by atoms with Gasteiger partial charge >= 0.3 is 0 Å². The number of benzene rings is 1. The maximum Gasteiger partial charge on any atom is 0.293 e. The van der Waals surface area contributed by atoms with Gasteiger partial charge in [-0.25, -0.2) is 4.68 Å². The van der Waals surface area contributed by atoms with Crippen LogP contribution in [0.1, 0.15) is 23.3 Å². The second-order valence-corrected chi connectivity index (χ2v) is 6.48. The van der Waals surface area contributed by atoms with Gasteiger partial charge in [0.25, 0.3) is 5.91 Å². The Morgan fingerprint density at radius 1 is 1.38 bits per heavy atom. The highest BCUT2D eigenvalue weighted by molar-refractivity contribution is 7.99. The fraction of sp³-hybridized carbons (Fsp3) is 0.200. The number of rotatable bonds is 4. The molecule has 0 aliphatic heterocycles. The first-order valence-corrected chi connectivity index (χ1v) is 8.63. The van der Waals surface area contributed by atoms with Gasteiger partial charge in [-0.1, -0.05) is 36.9 Å². The standard InChI is InChI=1S/C15H15N5O2S2/c1-3-24-15-18-17-9(2)20(15)19-14(23)16-13(21)12-8-10-6-4-5-7-11(10)22-12/h4-8H,3H2,1-2H3,(H2,16,19,21,23). The summed E-state index contributed by atoms with van der Waals surface area (Å²) in [5.74, 6) is 1.27. The van der Waals surface area contributed by atoms with Crippen molar-refractivity contribution in [3.8, 4) is 0 Å². The number of aromatic nitrogens is 3. The predicted octanol–water partition coefficient (Wildman–Crippen LogP) is 2.70. The number of hydrogen-bond donors (Lipinski definition) is 2. The number of thioether (sulfide) groups is 1. The maximum absolute atomic E-state index is 12.3. The number of amides is 1. The third kappa shape index (κ3) is 3.41. The van der Waals surface area contributed by atoms with Crippen molar-refractivity contribution >= 4 is 46.0 Å². The lowest BCUT2D eigenvalue weighted by molar-refractivity contribution is 0.0952. The number of aryl methyl sites for hydroxylation is 1. The maximum atomic E-state index is 12.3. The molecule has 0 fully saturated rings. The minimum atomic E-state index is -0.417. The van der Waals surface area contributed by atoms with Gasteiger partial charge in [0, 0.05) is 5.39 Å². The lowest BCUT2D eigenvalue weighted by atomic mass is 10.2. The van der Waals surface area contributed by atoms with Gasteiger partial charge in [0.2, 0.25) is 5.16 Å². The highest BCUT2D eigenvalue weighted by Crippen LogP contribution is 2.18. The average Bonchev–Trinajstić information content (AvgIpc) is 3.13. The van der Waals surface area contributed by atoms with E-state index in [9.17, 15) is 4.79 Å². The molecule has 3 aromatic rings. The number of hydrogen-bond acceptors (Lipinski definition) is 6. The largest absolute Gasteiger partial charge is 0.451 e. The highest BCUT2D eigenvalue weighted by Gasteiger charge is 2.15. The molecule has 9 heteroatoms. The van der Waals surface area contributed by atoms with E-state index >= 15 is 0 Å². The minimum absolute atomic E-state index is 0.140. The van der Waals surface area contributed by atoms with Crippen molar-refractivity contribution < 1.29 is 9.21 Å². The molecule has 0 spiro atoms. The fourth-order valence-electron chi connectivity index (χ4n) is 2.08. The molecule has 1 aromatic carbocycles. The summed E-state index contributed by atoms with van der Waals surface area (Å²) < 4.78 is 7.15. The molecular formula is C15H15N5O2S2. The Kier molecular flexibility index (Phi) is 4.81. The Bertz CT molecular complexity index is 869. The summed E-state index contributed by atoms with van der Waals surface area (Å²) in [5, 5.41) is 12.3. The number of carbonyl (C=O) groups is 1. The van der Waals surface area contributed by atoms with Crippen LogP contribution in [-0.2, 0) is 0 Å². The van der Waals surface area contributed by atoms with Crippen molar-refractivity contribution in [1.29, 1.82) is 0 Å². The summed E-state index contributed by atoms with van der Waals surface area (Å²) in [6.45, 7) is 3.81. The molecule has 0 bridgehead atoms. The third-order valence-electron chi connectivity index (χ3n) is 3.16. The summed E-state index contributed by atoms with van der Waals surface area (Å²) in [4.78, 5) is 12.3. The predicted molar refractivity (Wildman–Crippen MR) is 96.8 cm³/mol. The van der Waals surface area contributed by atoms with E-state index in [0.29, 0.717) is 16.6 Å². The number of nitrogens with zero attached hydrogens (tertiary/aromatic N) is 3. The number of furan rings is 1. The Hall–Kier alpha value is -2.39. The number of nitrogens with one attached hydrogen (secondary N) is 2. The first-order valence-electron chi connectivity index (χ1n) is 7.24. The van der Waals surface area contributed by atoms with Gasteiger partial charge in [-0.05, 0) is 37.0 Å². The third-order valence-corrected chi connectivity index (χ3v) is 4.16. The molecule has 0 aliphatic rings. The van der Waals surface area contributed by atoms with Crippen molar-refractivity contribution in [2.75, 3.05) is 11.2 Å². The molecule has 2 heterocycles. The SMILES string of the molecule is CCSc1nnc(C)n1NC(=S)NC(=O)c1cc2ccccc2o1. The molecule has 0 atom stereocenters. The van der Waals surface area contributed by atoms with Crippen LogP contribution in [0.2, 0.25) is 0 Å². The van der Waals surface area contributed by atoms with Crippen LogP contribution in [0.25, 0.3) is 11.0 Å². The first kappa shape index (κ1) is 16.5. The Morgan fingerprint density at radius 3 is 2.92 bits per heavy atom. The Morgan fingerprint density at radius 2 is 2.17 bits per heavy atom. The zero-order valence-electron chi connectivity index (χ0n) is 13.1. The van der Waals surface area contributed by atoms with E-state index in [0.717, 1.165) is 11.1 Å². The van der Waals surface area contributed by atoms with Crippen LogP contribution in [0.15, 0.2) is 39.9 Å². The summed E-state index contributed by atoms with van der Waals surface area (Å²) in [6, 6.07) is 9.09. The molecule has 2 aromatic heterocycles.